The predicted octanol–water partition coefficient (Wildman–Crippen LogP) is 3.94. The first kappa shape index (κ1) is 17.5. The van der Waals surface area contributed by atoms with Crippen molar-refractivity contribution in [1.29, 1.82) is 0 Å². The molecule has 0 saturated heterocycles. The third-order valence-electron chi connectivity index (χ3n) is 3.15. The highest BCUT2D eigenvalue weighted by Crippen LogP contribution is 2.21. The molecular formula is C16H21BrN2O2S. The van der Waals surface area contributed by atoms with Crippen LogP contribution in [0.3, 0.4) is 0 Å². The van der Waals surface area contributed by atoms with E-state index in [0.717, 1.165) is 33.9 Å². The van der Waals surface area contributed by atoms with Gasteiger partial charge in [-0.2, -0.15) is 0 Å². The number of ether oxygens (including phenoxy) is 1. The van der Waals surface area contributed by atoms with Crippen molar-refractivity contribution >= 4 is 38.6 Å². The summed E-state index contributed by atoms with van der Waals surface area (Å²) < 4.78 is 7.78. The van der Waals surface area contributed by atoms with E-state index in [0.29, 0.717) is 17.8 Å². The molecule has 0 unspecified atom stereocenters. The van der Waals surface area contributed by atoms with Crippen molar-refractivity contribution < 1.29 is 4.74 Å². The van der Waals surface area contributed by atoms with Gasteiger partial charge in [-0.3, -0.25) is 9.36 Å². The lowest BCUT2D eigenvalue weighted by Gasteiger charge is -2.15. The van der Waals surface area contributed by atoms with Crippen molar-refractivity contribution in [3.8, 4) is 0 Å². The van der Waals surface area contributed by atoms with Gasteiger partial charge in [-0.1, -0.05) is 41.5 Å². The molecule has 2 rings (SSSR count). The molecule has 0 spiro atoms. The molecule has 1 aromatic carbocycles. The van der Waals surface area contributed by atoms with E-state index in [2.05, 4.69) is 29.8 Å². The summed E-state index contributed by atoms with van der Waals surface area (Å²) in [5, 5.41) is 1.46. The van der Waals surface area contributed by atoms with E-state index >= 15 is 0 Å². The Kier molecular flexibility index (Phi) is 6.47. The third kappa shape index (κ3) is 4.33. The van der Waals surface area contributed by atoms with Crippen LogP contribution in [0.2, 0.25) is 0 Å². The van der Waals surface area contributed by atoms with Crippen molar-refractivity contribution in [2.75, 3.05) is 19.5 Å². The van der Waals surface area contributed by atoms with Crippen LogP contribution in [-0.4, -0.2) is 29.0 Å². The van der Waals surface area contributed by atoms with Crippen molar-refractivity contribution in [2.24, 2.45) is 5.92 Å². The van der Waals surface area contributed by atoms with E-state index in [1.54, 1.807) is 23.4 Å². The summed E-state index contributed by atoms with van der Waals surface area (Å²) in [5.74, 6) is 1.28. The molecule has 2 aromatic rings. The molecule has 0 amide bonds. The van der Waals surface area contributed by atoms with Crippen molar-refractivity contribution in [3.63, 3.8) is 0 Å². The van der Waals surface area contributed by atoms with Gasteiger partial charge in [0.05, 0.1) is 10.9 Å². The molecule has 0 fully saturated rings. The highest BCUT2D eigenvalue weighted by Gasteiger charge is 2.13. The summed E-state index contributed by atoms with van der Waals surface area (Å²) in [5.41, 5.74) is 0.789. The first-order valence-corrected chi connectivity index (χ1v) is 9.12. The Balaban J connectivity index is 2.43. The van der Waals surface area contributed by atoms with Crippen molar-refractivity contribution in [2.45, 2.75) is 32.0 Å². The highest BCUT2D eigenvalue weighted by atomic mass is 79.9. The molecule has 0 radical (unpaired) electrons. The summed E-state index contributed by atoms with van der Waals surface area (Å²) in [6.07, 6.45) is 0.942. The van der Waals surface area contributed by atoms with E-state index < -0.39 is 0 Å². The Morgan fingerprint density at radius 3 is 2.86 bits per heavy atom. The van der Waals surface area contributed by atoms with Gasteiger partial charge in [0.25, 0.3) is 5.56 Å². The molecule has 120 valence electrons. The minimum absolute atomic E-state index is 0.0363. The molecule has 4 nitrogen and oxygen atoms in total. The molecule has 1 aromatic heterocycles. The minimum Gasteiger partial charge on any atom is -0.385 e. The Bertz CT molecular complexity index is 700. The van der Waals surface area contributed by atoms with Crippen LogP contribution < -0.4 is 5.56 Å². The molecule has 0 aliphatic rings. The van der Waals surface area contributed by atoms with Gasteiger partial charge in [0.2, 0.25) is 0 Å². The van der Waals surface area contributed by atoms with Crippen LogP contribution in [0.25, 0.3) is 10.9 Å². The van der Waals surface area contributed by atoms with Crippen LogP contribution in [-0.2, 0) is 11.3 Å². The predicted molar refractivity (Wildman–Crippen MR) is 95.8 cm³/mol. The van der Waals surface area contributed by atoms with Crippen LogP contribution in [0.1, 0.15) is 20.3 Å². The van der Waals surface area contributed by atoms with Crippen LogP contribution in [0, 0.1) is 5.92 Å². The van der Waals surface area contributed by atoms with Crippen LogP contribution in [0.5, 0.6) is 0 Å². The number of hydrogen-bond acceptors (Lipinski definition) is 4. The highest BCUT2D eigenvalue weighted by molar-refractivity contribution is 9.10. The first-order valence-electron chi connectivity index (χ1n) is 7.34. The summed E-state index contributed by atoms with van der Waals surface area (Å²) in [4.78, 5) is 17.5. The third-order valence-corrected chi connectivity index (χ3v) is 4.71. The Labute approximate surface area is 143 Å². The molecule has 22 heavy (non-hydrogen) atoms. The molecular weight excluding hydrogens is 364 g/mol. The fourth-order valence-electron chi connectivity index (χ4n) is 2.18. The fraction of sp³-hybridized carbons (Fsp3) is 0.500. The molecule has 0 aliphatic heterocycles. The van der Waals surface area contributed by atoms with Gasteiger partial charge >= 0.3 is 0 Å². The number of benzene rings is 1. The number of fused-ring (bicyclic) bond motifs is 1. The van der Waals surface area contributed by atoms with Gasteiger partial charge in [-0.15, -0.1) is 0 Å². The van der Waals surface area contributed by atoms with E-state index in [1.165, 1.54) is 0 Å². The first-order chi connectivity index (χ1) is 10.5. The number of rotatable bonds is 7. The fourth-order valence-corrected chi connectivity index (χ4v) is 3.46. The standard InChI is InChI=1S/C16H21BrN2O2S/c1-11(2)10-19-15(20)13-9-12(17)5-6-14(13)18-16(19)22-8-4-7-21-3/h5-6,9,11H,4,7-8,10H2,1-3H3. The number of aromatic nitrogens is 2. The van der Waals surface area contributed by atoms with E-state index in [4.69, 9.17) is 9.72 Å². The van der Waals surface area contributed by atoms with Crippen molar-refractivity contribution in [1.82, 2.24) is 9.55 Å². The number of thioether (sulfide) groups is 1. The number of halogens is 1. The second kappa shape index (κ2) is 8.13. The average Bonchev–Trinajstić information content (AvgIpc) is 2.47. The molecule has 0 atom stereocenters. The normalized spacial score (nSPS) is 11.5. The number of methoxy groups -OCH3 is 1. The van der Waals surface area contributed by atoms with Crippen LogP contribution >= 0.6 is 27.7 Å². The quantitative estimate of drug-likeness (QED) is 0.411. The van der Waals surface area contributed by atoms with Gasteiger partial charge in [-0.25, -0.2) is 4.98 Å². The Morgan fingerprint density at radius 2 is 2.18 bits per heavy atom. The minimum atomic E-state index is 0.0363. The van der Waals surface area contributed by atoms with Gasteiger partial charge in [0.15, 0.2) is 5.16 Å². The van der Waals surface area contributed by atoms with Crippen LogP contribution in [0.4, 0.5) is 0 Å². The van der Waals surface area contributed by atoms with Gasteiger partial charge in [0.1, 0.15) is 0 Å². The molecule has 0 bridgehead atoms. The lowest BCUT2D eigenvalue weighted by Crippen LogP contribution is -2.25. The maximum absolute atomic E-state index is 12.8. The molecule has 6 heteroatoms. The second-order valence-corrected chi connectivity index (χ2v) is 7.54. The van der Waals surface area contributed by atoms with Gasteiger partial charge < -0.3 is 4.74 Å². The maximum Gasteiger partial charge on any atom is 0.262 e. The van der Waals surface area contributed by atoms with Gasteiger partial charge in [0, 0.05) is 30.5 Å². The second-order valence-electron chi connectivity index (χ2n) is 5.56. The topological polar surface area (TPSA) is 44.1 Å². The molecule has 0 N–H and O–H groups in total. The average molecular weight is 385 g/mol. The Morgan fingerprint density at radius 1 is 1.41 bits per heavy atom. The zero-order chi connectivity index (χ0) is 16.1. The summed E-state index contributed by atoms with van der Waals surface area (Å²) >= 11 is 5.05. The number of hydrogen-bond donors (Lipinski definition) is 0. The summed E-state index contributed by atoms with van der Waals surface area (Å²) in [6.45, 7) is 5.62. The lowest BCUT2D eigenvalue weighted by molar-refractivity contribution is 0.200. The van der Waals surface area contributed by atoms with Crippen molar-refractivity contribution in [3.05, 3.63) is 33.0 Å². The van der Waals surface area contributed by atoms with E-state index in [-0.39, 0.29) is 5.56 Å². The van der Waals surface area contributed by atoms with Gasteiger partial charge in [-0.05, 0) is 30.5 Å². The lowest BCUT2D eigenvalue weighted by atomic mass is 10.2. The van der Waals surface area contributed by atoms with E-state index in [1.807, 2.05) is 18.2 Å². The smallest absolute Gasteiger partial charge is 0.262 e. The molecule has 0 saturated carbocycles. The van der Waals surface area contributed by atoms with E-state index in [9.17, 15) is 4.79 Å². The monoisotopic (exact) mass is 384 g/mol. The van der Waals surface area contributed by atoms with Crippen LogP contribution in [0.15, 0.2) is 32.6 Å². The maximum atomic E-state index is 12.8. The number of nitrogens with zero attached hydrogens (tertiary/aromatic N) is 2. The summed E-state index contributed by atoms with van der Waals surface area (Å²) in [7, 11) is 1.70. The SMILES string of the molecule is COCCCSc1nc2ccc(Br)cc2c(=O)n1CC(C)C. The zero-order valence-electron chi connectivity index (χ0n) is 13.1. The summed E-state index contributed by atoms with van der Waals surface area (Å²) in [6, 6.07) is 5.65. The molecule has 0 aliphatic carbocycles. The molecule has 1 heterocycles. The zero-order valence-corrected chi connectivity index (χ0v) is 15.5. The largest absolute Gasteiger partial charge is 0.385 e. The Hall–Kier alpha value is -0.850.